The number of hydrogen-bond donors (Lipinski definition) is 1. The van der Waals surface area contributed by atoms with E-state index in [1.807, 2.05) is 0 Å². The highest BCUT2D eigenvalue weighted by Crippen LogP contribution is 2.26. The fraction of sp³-hybridized carbons (Fsp3) is 0.0556. The minimum Gasteiger partial charge on any atom is -0.322 e. The third kappa shape index (κ3) is 4.42. The second kappa shape index (κ2) is 8.21. The number of pyridine rings is 2. The number of nitrogens with one attached hydrogen (secondary N) is 1. The summed E-state index contributed by atoms with van der Waals surface area (Å²) in [5, 5.41) is 14.2. The number of benzene rings is 1. The first-order valence-electron chi connectivity index (χ1n) is 7.66. The molecule has 1 N–H and O–H groups in total. The lowest BCUT2D eigenvalue weighted by atomic mass is 10.2. The largest absolute Gasteiger partial charge is 0.322 e. The first-order valence-corrected chi connectivity index (χ1v) is 8.64. The fourth-order valence-electron chi connectivity index (χ4n) is 2.22. The lowest BCUT2D eigenvalue weighted by Crippen LogP contribution is -2.13. The van der Waals surface area contributed by atoms with Crippen LogP contribution in [0.2, 0.25) is 0 Å². The molecule has 0 aliphatic rings. The van der Waals surface area contributed by atoms with Crippen molar-refractivity contribution in [1.82, 2.24) is 9.97 Å². The molecule has 0 spiro atoms. The van der Waals surface area contributed by atoms with Gasteiger partial charge in [-0.25, -0.2) is 4.98 Å². The molecule has 0 aliphatic heterocycles. The Kier molecular flexibility index (Phi) is 5.55. The van der Waals surface area contributed by atoms with Gasteiger partial charge in [0.2, 0.25) is 0 Å². The van der Waals surface area contributed by atoms with E-state index < -0.39 is 4.92 Å². The number of carbonyl (C=O) groups excluding carboxylic acids is 1. The molecule has 0 bridgehead atoms. The van der Waals surface area contributed by atoms with E-state index in [1.165, 1.54) is 23.9 Å². The maximum atomic E-state index is 12.5. The van der Waals surface area contributed by atoms with Crippen molar-refractivity contribution in [3.05, 3.63) is 88.4 Å². The molecule has 0 saturated carbocycles. The number of rotatable bonds is 6. The van der Waals surface area contributed by atoms with Crippen molar-refractivity contribution in [2.24, 2.45) is 0 Å². The first-order chi connectivity index (χ1) is 12.6. The summed E-state index contributed by atoms with van der Waals surface area (Å²) in [4.78, 5) is 31.1. The number of thioether (sulfide) groups is 1. The number of carbonyl (C=O) groups is 1. The average Bonchev–Trinajstić information content (AvgIpc) is 2.67. The molecule has 7 nitrogen and oxygen atoms in total. The van der Waals surface area contributed by atoms with E-state index in [9.17, 15) is 14.9 Å². The third-order valence-corrected chi connectivity index (χ3v) is 4.53. The van der Waals surface area contributed by atoms with Crippen LogP contribution in [0.15, 0.2) is 72.1 Å². The molecule has 0 atom stereocenters. The van der Waals surface area contributed by atoms with E-state index in [2.05, 4.69) is 15.3 Å². The van der Waals surface area contributed by atoms with Crippen LogP contribution in [0.1, 0.15) is 15.9 Å². The molecule has 0 unspecified atom stereocenters. The summed E-state index contributed by atoms with van der Waals surface area (Å²) in [6, 6.07) is 13.2. The van der Waals surface area contributed by atoms with E-state index in [1.54, 1.807) is 55.0 Å². The number of anilines is 1. The number of nitro groups is 1. The molecular formula is C18H14N4O3S. The van der Waals surface area contributed by atoms with Crippen molar-refractivity contribution in [3.63, 3.8) is 0 Å². The number of amides is 1. The molecule has 1 aromatic carbocycles. The van der Waals surface area contributed by atoms with Gasteiger partial charge >= 0.3 is 0 Å². The van der Waals surface area contributed by atoms with Crippen LogP contribution >= 0.6 is 11.8 Å². The standard InChI is InChI=1S/C18H14N4O3S/c23-17(21-14-6-9-19-10-7-14)16-5-2-8-20-18(16)26-12-13-3-1-4-15(11-13)22(24)25/h1-11H,12H2,(H,19,21,23). The minimum atomic E-state index is -0.428. The van der Waals surface area contributed by atoms with E-state index in [0.717, 1.165) is 5.56 Å². The summed E-state index contributed by atoms with van der Waals surface area (Å²) in [7, 11) is 0. The van der Waals surface area contributed by atoms with Crippen LogP contribution in [0.25, 0.3) is 0 Å². The Hall–Kier alpha value is -3.26. The molecule has 26 heavy (non-hydrogen) atoms. The predicted octanol–water partition coefficient (Wildman–Crippen LogP) is 3.93. The Morgan fingerprint density at radius 1 is 1.12 bits per heavy atom. The predicted molar refractivity (Wildman–Crippen MR) is 99.1 cm³/mol. The maximum absolute atomic E-state index is 12.5. The van der Waals surface area contributed by atoms with Crippen LogP contribution in [0.3, 0.4) is 0 Å². The van der Waals surface area contributed by atoms with Gasteiger partial charge < -0.3 is 5.32 Å². The van der Waals surface area contributed by atoms with Gasteiger partial charge in [0.25, 0.3) is 11.6 Å². The van der Waals surface area contributed by atoms with Gasteiger partial charge in [-0.3, -0.25) is 19.9 Å². The second-order valence-corrected chi connectivity index (χ2v) is 6.23. The number of aromatic nitrogens is 2. The summed E-state index contributed by atoms with van der Waals surface area (Å²) < 4.78 is 0. The molecule has 0 radical (unpaired) electrons. The zero-order valence-electron chi connectivity index (χ0n) is 13.5. The van der Waals surface area contributed by atoms with Crippen molar-refractivity contribution in [2.75, 3.05) is 5.32 Å². The normalized spacial score (nSPS) is 10.3. The van der Waals surface area contributed by atoms with Crippen molar-refractivity contribution < 1.29 is 9.72 Å². The van der Waals surface area contributed by atoms with E-state index >= 15 is 0 Å². The lowest BCUT2D eigenvalue weighted by Gasteiger charge is -2.09. The topological polar surface area (TPSA) is 98.0 Å². The lowest BCUT2D eigenvalue weighted by molar-refractivity contribution is -0.384. The Balaban J connectivity index is 1.74. The molecule has 0 fully saturated rings. The average molecular weight is 366 g/mol. The van der Waals surface area contributed by atoms with E-state index in [0.29, 0.717) is 22.0 Å². The van der Waals surface area contributed by atoms with Gasteiger partial charge in [0.15, 0.2) is 0 Å². The summed E-state index contributed by atoms with van der Waals surface area (Å²) in [6.07, 6.45) is 4.80. The Bertz CT molecular complexity index is 934. The van der Waals surface area contributed by atoms with Gasteiger partial charge in [-0.15, -0.1) is 11.8 Å². The van der Waals surface area contributed by atoms with Crippen LogP contribution in [-0.2, 0) is 5.75 Å². The Morgan fingerprint density at radius 2 is 1.92 bits per heavy atom. The van der Waals surface area contributed by atoms with E-state index in [4.69, 9.17) is 0 Å². The number of nitro benzene ring substituents is 1. The van der Waals surface area contributed by atoms with Crippen molar-refractivity contribution >= 4 is 29.0 Å². The molecule has 1 amide bonds. The summed E-state index contributed by atoms with van der Waals surface area (Å²) in [5.41, 5.74) is 1.92. The smallest absolute Gasteiger partial charge is 0.269 e. The molecule has 130 valence electrons. The summed E-state index contributed by atoms with van der Waals surface area (Å²) in [5.74, 6) is 0.194. The molecule has 8 heteroatoms. The van der Waals surface area contributed by atoms with Crippen LogP contribution in [0, 0.1) is 10.1 Å². The zero-order valence-corrected chi connectivity index (χ0v) is 14.3. The molecule has 2 aromatic heterocycles. The second-order valence-electron chi connectivity index (χ2n) is 5.26. The molecule has 2 heterocycles. The quantitative estimate of drug-likeness (QED) is 0.403. The van der Waals surface area contributed by atoms with Gasteiger partial charge in [-0.1, -0.05) is 12.1 Å². The maximum Gasteiger partial charge on any atom is 0.269 e. The highest BCUT2D eigenvalue weighted by molar-refractivity contribution is 7.98. The number of non-ortho nitro benzene ring substituents is 1. The van der Waals surface area contributed by atoms with Crippen LogP contribution in [0.5, 0.6) is 0 Å². The van der Waals surface area contributed by atoms with Gasteiger partial charge in [0, 0.05) is 42.2 Å². The molecule has 0 aliphatic carbocycles. The van der Waals surface area contributed by atoms with Gasteiger partial charge in [-0.05, 0) is 29.8 Å². The summed E-state index contributed by atoms with van der Waals surface area (Å²) in [6.45, 7) is 0. The summed E-state index contributed by atoms with van der Waals surface area (Å²) >= 11 is 1.35. The number of nitrogens with zero attached hydrogens (tertiary/aromatic N) is 3. The molecule has 3 aromatic rings. The monoisotopic (exact) mass is 366 g/mol. The SMILES string of the molecule is O=C(Nc1ccncc1)c1cccnc1SCc1cccc([N+](=O)[O-])c1. The fourth-order valence-corrected chi connectivity index (χ4v) is 3.16. The van der Waals surface area contributed by atoms with Crippen LogP contribution in [0.4, 0.5) is 11.4 Å². The zero-order chi connectivity index (χ0) is 18.4. The van der Waals surface area contributed by atoms with Gasteiger partial charge in [0.1, 0.15) is 5.03 Å². The van der Waals surface area contributed by atoms with Gasteiger partial charge in [-0.2, -0.15) is 0 Å². The highest BCUT2D eigenvalue weighted by Gasteiger charge is 2.14. The van der Waals surface area contributed by atoms with Gasteiger partial charge in [0.05, 0.1) is 10.5 Å². The first kappa shape index (κ1) is 17.6. The Morgan fingerprint density at radius 3 is 2.69 bits per heavy atom. The van der Waals surface area contributed by atoms with Crippen LogP contribution in [-0.4, -0.2) is 20.8 Å². The Labute approximate surface area is 153 Å². The molecule has 3 rings (SSSR count). The van der Waals surface area contributed by atoms with Crippen LogP contribution < -0.4 is 5.32 Å². The molecule has 0 saturated heterocycles. The van der Waals surface area contributed by atoms with Crippen molar-refractivity contribution in [1.29, 1.82) is 0 Å². The number of hydrogen-bond acceptors (Lipinski definition) is 6. The third-order valence-electron chi connectivity index (χ3n) is 3.45. The molecular weight excluding hydrogens is 352 g/mol. The van der Waals surface area contributed by atoms with Crippen molar-refractivity contribution in [2.45, 2.75) is 10.8 Å². The minimum absolute atomic E-state index is 0.0415. The van der Waals surface area contributed by atoms with Crippen molar-refractivity contribution in [3.8, 4) is 0 Å². The highest BCUT2D eigenvalue weighted by atomic mass is 32.2. The van der Waals surface area contributed by atoms with E-state index in [-0.39, 0.29) is 11.6 Å².